The Morgan fingerprint density at radius 2 is 1.49 bits per heavy atom. The first-order valence-electron chi connectivity index (χ1n) is 12.0. The van der Waals surface area contributed by atoms with Crippen molar-refractivity contribution in [3.63, 3.8) is 0 Å². The molecule has 4 aromatic rings. The van der Waals surface area contributed by atoms with Crippen LogP contribution in [0.2, 0.25) is 0 Å². The predicted molar refractivity (Wildman–Crippen MR) is 146 cm³/mol. The minimum absolute atomic E-state index is 0.132. The molecule has 0 bridgehead atoms. The van der Waals surface area contributed by atoms with Crippen LogP contribution < -0.4 is 14.4 Å². The van der Waals surface area contributed by atoms with Crippen LogP contribution in [-0.2, 0) is 16.6 Å². The molecule has 7 heteroatoms. The van der Waals surface area contributed by atoms with Gasteiger partial charge in [-0.2, -0.15) is 0 Å². The van der Waals surface area contributed by atoms with E-state index in [1.54, 1.807) is 78.9 Å². The molecule has 6 nitrogen and oxygen atoms in total. The molecule has 1 N–H and O–H groups in total. The molecule has 1 amide bonds. The first kappa shape index (κ1) is 26.0. The summed E-state index contributed by atoms with van der Waals surface area (Å²) in [7, 11) is -3.78. The lowest BCUT2D eigenvalue weighted by molar-refractivity contribution is 0.0947. The molecule has 0 heterocycles. The highest BCUT2D eigenvalue weighted by atomic mass is 32.2. The van der Waals surface area contributed by atoms with Crippen LogP contribution in [0.3, 0.4) is 0 Å². The molecule has 0 atom stereocenters. The lowest BCUT2D eigenvalue weighted by Crippen LogP contribution is -2.30. The zero-order chi connectivity index (χ0) is 26.3. The summed E-state index contributed by atoms with van der Waals surface area (Å²) in [4.78, 5) is 12.8. The Morgan fingerprint density at radius 3 is 2.14 bits per heavy atom. The Labute approximate surface area is 218 Å². The minimum Gasteiger partial charge on any atom is -0.491 e. The van der Waals surface area contributed by atoms with Gasteiger partial charge in [-0.05, 0) is 67.4 Å². The maximum Gasteiger partial charge on any atom is 0.264 e. The number of sulfonamides is 1. The van der Waals surface area contributed by atoms with E-state index in [-0.39, 0.29) is 17.3 Å². The molecule has 0 unspecified atom stereocenters. The normalized spacial score (nSPS) is 11.1. The average Bonchev–Trinajstić information content (AvgIpc) is 2.92. The van der Waals surface area contributed by atoms with E-state index in [9.17, 15) is 13.2 Å². The number of hydrogen-bond donors (Lipinski definition) is 1. The third-order valence-corrected chi connectivity index (χ3v) is 7.68. The van der Waals surface area contributed by atoms with Gasteiger partial charge in [-0.3, -0.25) is 9.10 Å². The number of ether oxygens (including phenoxy) is 1. The van der Waals surface area contributed by atoms with Gasteiger partial charge in [0.1, 0.15) is 12.4 Å². The van der Waals surface area contributed by atoms with Gasteiger partial charge in [0, 0.05) is 5.56 Å². The summed E-state index contributed by atoms with van der Waals surface area (Å²) in [6.45, 7) is 4.88. The van der Waals surface area contributed by atoms with Crippen LogP contribution in [0.15, 0.2) is 108 Å². The third kappa shape index (κ3) is 6.57. The van der Waals surface area contributed by atoms with Crippen LogP contribution in [0.4, 0.5) is 5.69 Å². The number of para-hydroxylation sites is 1. The molecule has 0 aliphatic carbocycles. The first-order chi connectivity index (χ1) is 17.8. The third-order valence-electron chi connectivity index (χ3n) is 5.89. The molecule has 0 aliphatic heterocycles. The number of nitrogens with zero attached hydrogens (tertiary/aromatic N) is 1. The van der Waals surface area contributed by atoms with Gasteiger partial charge in [0.15, 0.2) is 0 Å². The van der Waals surface area contributed by atoms with Gasteiger partial charge in [-0.1, -0.05) is 66.2 Å². The molecule has 0 fully saturated rings. The van der Waals surface area contributed by atoms with Crippen molar-refractivity contribution in [2.45, 2.75) is 25.3 Å². The van der Waals surface area contributed by atoms with Crippen molar-refractivity contribution in [3.8, 4) is 5.75 Å². The second kappa shape index (κ2) is 11.8. The number of rotatable bonds is 10. The molecule has 4 aromatic carbocycles. The van der Waals surface area contributed by atoms with Gasteiger partial charge < -0.3 is 10.1 Å². The van der Waals surface area contributed by atoms with Gasteiger partial charge >= 0.3 is 0 Å². The smallest absolute Gasteiger partial charge is 0.264 e. The van der Waals surface area contributed by atoms with Crippen molar-refractivity contribution >= 4 is 21.6 Å². The van der Waals surface area contributed by atoms with Crippen LogP contribution >= 0.6 is 0 Å². The van der Waals surface area contributed by atoms with E-state index in [0.29, 0.717) is 24.4 Å². The molecular weight excluding hydrogens is 484 g/mol. The Hall–Kier alpha value is -4.10. The van der Waals surface area contributed by atoms with Crippen molar-refractivity contribution in [1.82, 2.24) is 5.32 Å². The largest absolute Gasteiger partial charge is 0.491 e. The fraction of sp³-hybridized carbons (Fsp3) is 0.167. The topological polar surface area (TPSA) is 75.7 Å². The molecule has 37 heavy (non-hydrogen) atoms. The standard InChI is InChI=1S/C30H30N2O4S/c1-23-13-18-29(24(2)21-23)36-20-19-31-30(33)26-16-14-25(15-17-26)22-32(27-9-5-3-6-10-27)37(34,35)28-11-7-4-8-12-28/h3-18,21H,19-20,22H2,1-2H3,(H,31,33). The van der Waals surface area contributed by atoms with Gasteiger partial charge in [0.05, 0.1) is 23.7 Å². The lowest BCUT2D eigenvalue weighted by Gasteiger charge is -2.25. The van der Waals surface area contributed by atoms with Gasteiger partial charge in [-0.25, -0.2) is 8.42 Å². The van der Waals surface area contributed by atoms with Crippen molar-refractivity contribution in [2.75, 3.05) is 17.5 Å². The Morgan fingerprint density at radius 1 is 0.838 bits per heavy atom. The number of nitrogens with one attached hydrogen (secondary N) is 1. The Balaban J connectivity index is 1.40. The SMILES string of the molecule is Cc1ccc(OCCNC(=O)c2ccc(CN(c3ccccc3)S(=O)(=O)c3ccccc3)cc2)c(C)c1. The van der Waals surface area contributed by atoms with Gasteiger partial charge in [0.2, 0.25) is 0 Å². The molecule has 0 saturated heterocycles. The van der Waals surface area contributed by atoms with Gasteiger partial charge in [0.25, 0.3) is 15.9 Å². The first-order valence-corrected chi connectivity index (χ1v) is 13.5. The number of carbonyl (C=O) groups is 1. The van der Waals surface area contributed by atoms with Crippen molar-refractivity contribution in [1.29, 1.82) is 0 Å². The average molecular weight is 515 g/mol. The van der Waals surface area contributed by atoms with E-state index >= 15 is 0 Å². The summed E-state index contributed by atoms with van der Waals surface area (Å²) in [5.41, 5.74) is 4.05. The zero-order valence-corrected chi connectivity index (χ0v) is 21.7. The summed E-state index contributed by atoms with van der Waals surface area (Å²) in [5.74, 6) is 0.588. The summed E-state index contributed by atoms with van der Waals surface area (Å²) in [6.07, 6.45) is 0. The summed E-state index contributed by atoms with van der Waals surface area (Å²) in [6, 6.07) is 30.3. The predicted octanol–water partition coefficient (Wildman–Crippen LogP) is 5.51. The van der Waals surface area contributed by atoms with Crippen molar-refractivity contribution in [2.24, 2.45) is 0 Å². The highest BCUT2D eigenvalue weighted by Gasteiger charge is 2.25. The van der Waals surface area contributed by atoms with E-state index in [1.807, 2.05) is 32.0 Å². The van der Waals surface area contributed by atoms with E-state index in [1.165, 1.54) is 9.87 Å². The fourth-order valence-corrected chi connectivity index (χ4v) is 5.42. The number of amides is 1. The van der Waals surface area contributed by atoms with E-state index in [2.05, 4.69) is 11.4 Å². The number of benzene rings is 4. The number of aryl methyl sites for hydroxylation is 2. The monoisotopic (exact) mass is 514 g/mol. The quantitative estimate of drug-likeness (QED) is 0.283. The molecule has 0 aromatic heterocycles. The molecule has 4 rings (SSSR count). The van der Waals surface area contributed by atoms with Crippen molar-refractivity contribution < 1.29 is 17.9 Å². The number of carbonyl (C=O) groups excluding carboxylic acids is 1. The van der Waals surface area contributed by atoms with E-state index in [0.717, 1.165) is 16.9 Å². The molecule has 0 spiro atoms. The summed E-state index contributed by atoms with van der Waals surface area (Å²) < 4.78 is 34.0. The maximum absolute atomic E-state index is 13.4. The van der Waals surface area contributed by atoms with Gasteiger partial charge in [-0.15, -0.1) is 0 Å². The highest BCUT2D eigenvalue weighted by Crippen LogP contribution is 2.26. The highest BCUT2D eigenvalue weighted by molar-refractivity contribution is 7.92. The van der Waals surface area contributed by atoms with Crippen LogP contribution in [0, 0.1) is 13.8 Å². The van der Waals surface area contributed by atoms with Crippen LogP contribution in [0.1, 0.15) is 27.0 Å². The molecular formula is C30H30N2O4S. The fourth-order valence-electron chi connectivity index (χ4n) is 3.95. The molecule has 0 radical (unpaired) electrons. The number of anilines is 1. The molecule has 0 saturated carbocycles. The second-order valence-corrected chi connectivity index (χ2v) is 10.6. The van der Waals surface area contributed by atoms with E-state index < -0.39 is 10.0 Å². The summed E-state index contributed by atoms with van der Waals surface area (Å²) in [5, 5.41) is 2.86. The maximum atomic E-state index is 13.4. The number of hydrogen-bond acceptors (Lipinski definition) is 4. The van der Waals surface area contributed by atoms with Crippen LogP contribution in [0.25, 0.3) is 0 Å². The minimum atomic E-state index is -3.78. The molecule has 0 aliphatic rings. The van der Waals surface area contributed by atoms with Crippen molar-refractivity contribution in [3.05, 3.63) is 125 Å². The zero-order valence-electron chi connectivity index (χ0n) is 20.9. The Bertz CT molecular complexity index is 1440. The molecule has 190 valence electrons. The van der Waals surface area contributed by atoms with Crippen LogP contribution in [0.5, 0.6) is 5.75 Å². The Kier molecular flexibility index (Phi) is 8.25. The lowest BCUT2D eigenvalue weighted by atomic mass is 10.1. The second-order valence-electron chi connectivity index (χ2n) is 8.73. The van der Waals surface area contributed by atoms with Crippen LogP contribution in [-0.4, -0.2) is 27.5 Å². The van der Waals surface area contributed by atoms with E-state index in [4.69, 9.17) is 4.74 Å². The summed E-state index contributed by atoms with van der Waals surface area (Å²) >= 11 is 0.